The molecule has 1 saturated heterocycles. The summed E-state index contributed by atoms with van der Waals surface area (Å²) in [5.41, 5.74) is 0.730. The summed E-state index contributed by atoms with van der Waals surface area (Å²) in [5.74, 6) is -1.62. The van der Waals surface area contributed by atoms with Crippen LogP contribution in [-0.2, 0) is 24.5 Å². The van der Waals surface area contributed by atoms with Crippen molar-refractivity contribution in [2.24, 2.45) is 11.8 Å². The maximum Gasteiger partial charge on any atom is 0.339 e. The summed E-state index contributed by atoms with van der Waals surface area (Å²) in [6.07, 6.45) is 4.84. The maximum atomic E-state index is 12.8. The van der Waals surface area contributed by atoms with Crippen LogP contribution in [-0.4, -0.2) is 26.1 Å². The molecule has 1 N–H and O–H groups in total. The molecule has 1 aliphatic heterocycles. The SMILES string of the molecule is CC(=O)Nc1ccc(S(=O)(=O)Oc2cccc(N3C(=O)[C@H]4CC=CC[C@@H]4C3=O)c2)cc1. The zero-order chi connectivity index (χ0) is 22.2. The molecule has 9 heteroatoms. The number of amides is 3. The van der Waals surface area contributed by atoms with Gasteiger partial charge in [-0.2, -0.15) is 8.42 Å². The van der Waals surface area contributed by atoms with Gasteiger partial charge in [-0.3, -0.25) is 14.4 Å². The lowest BCUT2D eigenvalue weighted by molar-refractivity contribution is -0.122. The van der Waals surface area contributed by atoms with E-state index in [9.17, 15) is 22.8 Å². The number of carbonyl (C=O) groups excluding carboxylic acids is 3. The van der Waals surface area contributed by atoms with Crippen molar-refractivity contribution < 1.29 is 27.0 Å². The molecule has 2 aliphatic rings. The molecule has 0 saturated carbocycles. The molecule has 0 radical (unpaired) electrons. The predicted molar refractivity (Wildman–Crippen MR) is 113 cm³/mol. The van der Waals surface area contributed by atoms with E-state index in [0.717, 1.165) is 4.90 Å². The van der Waals surface area contributed by atoms with Crippen LogP contribution in [0.1, 0.15) is 19.8 Å². The van der Waals surface area contributed by atoms with E-state index in [1.54, 1.807) is 6.07 Å². The molecule has 31 heavy (non-hydrogen) atoms. The van der Waals surface area contributed by atoms with Gasteiger partial charge in [0, 0.05) is 18.7 Å². The number of hydrogen-bond acceptors (Lipinski definition) is 6. The van der Waals surface area contributed by atoms with Crippen LogP contribution in [0.5, 0.6) is 5.75 Å². The zero-order valence-corrected chi connectivity index (χ0v) is 17.5. The van der Waals surface area contributed by atoms with Crippen LogP contribution >= 0.6 is 0 Å². The Kier molecular flexibility index (Phi) is 5.36. The number of fused-ring (bicyclic) bond motifs is 1. The average Bonchev–Trinajstić information content (AvgIpc) is 2.98. The first kappa shape index (κ1) is 20.8. The van der Waals surface area contributed by atoms with E-state index in [0.29, 0.717) is 18.5 Å². The Morgan fingerprint density at radius 3 is 2.19 bits per heavy atom. The second-order valence-corrected chi connectivity index (χ2v) is 8.95. The minimum absolute atomic E-state index is 0.0166. The van der Waals surface area contributed by atoms with Gasteiger partial charge in [0.1, 0.15) is 10.6 Å². The lowest BCUT2D eigenvalue weighted by atomic mass is 9.85. The number of anilines is 2. The quantitative estimate of drug-likeness (QED) is 0.435. The van der Waals surface area contributed by atoms with E-state index in [1.165, 1.54) is 49.4 Å². The molecule has 3 amide bonds. The van der Waals surface area contributed by atoms with Gasteiger partial charge in [-0.25, -0.2) is 4.90 Å². The topological polar surface area (TPSA) is 110 Å². The van der Waals surface area contributed by atoms with Gasteiger partial charge >= 0.3 is 10.1 Å². The molecule has 4 rings (SSSR count). The third-order valence-corrected chi connectivity index (χ3v) is 6.51. The van der Waals surface area contributed by atoms with Crippen LogP contribution in [0.15, 0.2) is 65.6 Å². The van der Waals surface area contributed by atoms with E-state index >= 15 is 0 Å². The van der Waals surface area contributed by atoms with Crippen LogP contribution in [0.25, 0.3) is 0 Å². The highest BCUT2D eigenvalue weighted by atomic mass is 32.2. The monoisotopic (exact) mass is 440 g/mol. The zero-order valence-electron chi connectivity index (χ0n) is 16.6. The summed E-state index contributed by atoms with van der Waals surface area (Å²) in [4.78, 5) is 37.6. The Hall–Kier alpha value is -3.46. The van der Waals surface area contributed by atoms with Gasteiger partial charge in [0.2, 0.25) is 17.7 Å². The highest BCUT2D eigenvalue weighted by molar-refractivity contribution is 7.87. The first-order valence-corrected chi connectivity index (χ1v) is 11.1. The summed E-state index contributed by atoms with van der Waals surface area (Å²) in [6.45, 7) is 1.35. The van der Waals surface area contributed by atoms with Gasteiger partial charge in [0.15, 0.2) is 0 Å². The van der Waals surface area contributed by atoms with Gasteiger partial charge in [-0.1, -0.05) is 18.2 Å². The molecule has 2 aromatic rings. The Bertz CT molecular complexity index is 1160. The lowest BCUT2D eigenvalue weighted by Gasteiger charge is -2.16. The molecule has 1 heterocycles. The van der Waals surface area contributed by atoms with E-state index in [2.05, 4.69) is 5.32 Å². The summed E-state index contributed by atoms with van der Waals surface area (Å²) >= 11 is 0. The Morgan fingerprint density at radius 1 is 1.00 bits per heavy atom. The molecule has 1 aliphatic carbocycles. The van der Waals surface area contributed by atoms with Crippen LogP contribution in [0.3, 0.4) is 0 Å². The summed E-state index contributed by atoms with van der Waals surface area (Å²) in [7, 11) is -4.16. The van der Waals surface area contributed by atoms with Gasteiger partial charge in [-0.15, -0.1) is 0 Å². The Balaban J connectivity index is 1.55. The number of allylic oxidation sites excluding steroid dienone is 2. The fraction of sp³-hybridized carbons (Fsp3) is 0.227. The van der Waals surface area contributed by atoms with Gasteiger partial charge < -0.3 is 9.50 Å². The van der Waals surface area contributed by atoms with Crippen molar-refractivity contribution in [1.29, 1.82) is 0 Å². The maximum absolute atomic E-state index is 12.8. The van der Waals surface area contributed by atoms with Crippen LogP contribution in [0.4, 0.5) is 11.4 Å². The Morgan fingerprint density at radius 2 is 1.61 bits per heavy atom. The van der Waals surface area contributed by atoms with Gasteiger partial charge in [-0.05, 0) is 49.2 Å². The fourth-order valence-corrected chi connectivity index (χ4v) is 4.73. The molecular weight excluding hydrogens is 420 g/mol. The van der Waals surface area contributed by atoms with E-state index < -0.39 is 10.1 Å². The summed E-state index contributed by atoms with van der Waals surface area (Å²) < 4.78 is 30.5. The largest absolute Gasteiger partial charge is 0.379 e. The average molecular weight is 440 g/mol. The molecule has 0 unspecified atom stereocenters. The molecule has 0 spiro atoms. The number of benzene rings is 2. The third kappa shape index (κ3) is 4.09. The lowest BCUT2D eigenvalue weighted by Crippen LogP contribution is -2.30. The fourth-order valence-electron chi connectivity index (χ4n) is 3.81. The third-order valence-electron chi connectivity index (χ3n) is 5.25. The first-order chi connectivity index (χ1) is 14.8. The molecule has 0 bridgehead atoms. The van der Waals surface area contributed by atoms with Crippen molar-refractivity contribution in [2.75, 3.05) is 10.2 Å². The first-order valence-electron chi connectivity index (χ1n) is 9.71. The van der Waals surface area contributed by atoms with E-state index in [4.69, 9.17) is 4.18 Å². The van der Waals surface area contributed by atoms with Crippen molar-refractivity contribution in [1.82, 2.24) is 0 Å². The highest BCUT2D eigenvalue weighted by Gasteiger charge is 2.47. The van der Waals surface area contributed by atoms with Crippen molar-refractivity contribution in [3.8, 4) is 5.75 Å². The number of nitrogens with one attached hydrogen (secondary N) is 1. The Labute approximate surface area is 179 Å². The van der Waals surface area contributed by atoms with Gasteiger partial charge in [0.25, 0.3) is 0 Å². The summed E-state index contributed by atoms with van der Waals surface area (Å²) in [6, 6.07) is 11.4. The molecule has 2 aromatic carbocycles. The summed E-state index contributed by atoms with van der Waals surface area (Å²) in [5, 5.41) is 2.55. The molecule has 2 atom stereocenters. The number of imide groups is 1. The standard InChI is InChI=1S/C22H20N2O6S/c1-14(25)23-15-9-11-18(12-10-15)31(28,29)30-17-6-4-5-16(13-17)24-21(26)19-7-2-3-8-20(19)22(24)27/h2-6,9-13,19-20H,7-8H2,1H3,(H,23,25)/t19-,20-/m0/s1. The number of nitrogens with zero attached hydrogens (tertiary/aromatic N) is 1. The number of rotatable bonds is 5. The molecule has 0 aromatic heterocycles. The molecular formula is C22H20N2O6S. The van der Waals surface area contributed by atoms with Crippen LogP contribution in [0, 0.1) is 11.8 Å². The minimum Gasteiger partial charge on any atom is -0.379 e. The molecule has 1 fully saturated rings. The van der Waals surface area contributed by atoms with Gasteiger partial charge in [0.05, 0.1) is 17.5 Å². The van der Waals surface area contributed by atoms with Crippen LogP contribution < -0.4 is 14.4 Å². The predicted octanol–water partition coefficient (Wildman–Crippen LogP) is 2.87. The van der Waals surface area contributed by atoms with Crippen molar-refractivity contribution >= 4 is 39.2 Å². The molecule has 8 nitrogen and oxygen atoms in total. The normalized spacial score (nSPS) is 20.5. The van der Waals surface area contributed by atoms with E-state index in [1.807, 2.05) is 12.2 Å². The van der Waals surface area contributed by atoms with Crippen molar-refractivity contribution in [2.45, 2.75) is 24.7 Å². The minimum atomic E-state index is -4.16. The molecule has 160 valence electrons. The van der Waals surface area contributed by atoms with Crippen molar-refractivity contribution in [3.05, 3.63) is 60.7 Å². The number of carbonyl (C=O) groups is 3. The second kappa shape index (κ2) is 7.99. The highest BCUT2D eigenvalue weighted by Crippen LogP contribution is 2.38. The second-order valence-electron chi connectivity index (χ2n) is 7.41. The smallest absolute Gasteiger partial charge is 0.339 e. The van der Waals surface area contributed by atoms with Crippen molar-refractivity contribution in [3.63, 3.8) is 0 Å². The van der Waals surface area contributed by atoms with Crippen LogP contribution in [0.2, 0.25) is 0 Å². The van der Waals surface area contributed by atoms with E-state index in [-0.39, 0.29) is 45.9 Å². The number of hydrogen-bond donors (Lipinski definition) is 1.